The lowest BCUT2D eigenvalue weighted by Crippen LogP contribution is -2.29. The third-order valence-corrected chi connectivity index (χ3v) is 3.59. The lowest BCUT2D eigenvalue weighted by molar-refractivity contribution is 0.402. The normalized spacial score (nSPS) is 12.0. The Hall–Kier alpha value is -1.56. The second-order valence-corrected chi connectivity index (χ2v) is 5.18. The summed E-state index contributed by atoms with van der Waals surface area (Å²) < 4.78 is 11.6. The van der Waals surface area contributed by atoms with Gasteiger partial charge in [-0.15, -0.1) is 0 Å². The molecular formula is C15H17BrN2O2. The van der Waals surface area contributed by atoms with Crippen LogP contribution in [0, 0.1) is 0 Å². The molecule has 0 fully saturated rings. The highest BCUT2D eigenvalue weighted by atomic mass is 79.9. The zero-order valence-electron chi connectivity index (χ0n) is 11.4. The Morgan fingerprint density at radius 2 is 1.90 bits per heavy atom. The number of nitrogens with two attached hydrogens (primary N) is 1. The van der Waals surface area contributed by atoms with Gasteiger partial charge in [-0.2, -0.15) is 0 Å². The first-order valence-electron chi connectivity index (χ1n) is 6.13. The van der Waals surface area contributed by atoms with Crippen LogP contribution in [0.5, 0.6) is 11.5 Å². The van der Waals surface area contributed by atoms with Crippen LogP contribution in [0.25, 0.3) is 0 Å². The monoisotopic (exact) mass is 336 g/mol. The molecule has 0 amide bonds. The second-order valence-electron chi connectivity index (χ2n) is 4.26. The minimum absolute atomic E-state index is 0.173. The number of ether oxygens (including phenoxy) is 2. The van der Waals surface area contributed by atoms with Gasteiger partial charge in [0.05, 0.1) is 20.3 Å². The van der Waals surface area contributed by atoms with Crippen LogP contribution >= 0.6 is 15.9 Å². The quantitative estimate of drug-likeness (QED) is 0.651. The SMILES string of the molecule is COc1cccc(C(NN)c2ccc(Br)cc2OC)c1. The smallest absolute Gasteiger partial charge is 0.125 e. The first-order chi connectivity index (χ1) is 9.69. The van der Waals surface area contributed by atoms with Gasteiger partial charge in [-0.25, -0.2) is 5.43 Å². The summed E-state index contributed by atoms with van der Waals surface area (Å²) in [7, 11) is 3.29. The third kappa shape index (κ3) is 3.12. The van der Waals surface area contributed by atoms with Crippen LogP contribution in [0.2, 0.25) is 0 Å². The molecule has 106 valence electrons. The summed E-state index contributed by atoms with van der Waals surface area (Å²) in [6, 6.07) is 13.5. The fraction of sp³-hybridized carbons (Fsp3) is 0.200. The summed E-state index contributed by atoms with van der Waals surface area (Å²) in [5, 5.41) is 0. The summed E-state index contributed by atoms with van der Waals surface area (Å²) in [5.74, 6) is 7.29. The fourth-order valence-electron chi connectivity index (χ4n) is 2.11. The Morgan fingerprint density at radius 3 is 2.55 bits per heavy atom. The molecule has 0 aliphatic rings. The van der Waals surface area contributed by atoms with Crippen LogP contribution in [-0.4, -0.2) is 14.2 Å². The molecule has 0 saturated carbocycles. The van der Waals surface area contributed by atoms with Crippen molar-refractivity contribution in [1.29, 1.82) is 0 Å². The van der Waals surface area contributed by atoms with Crippen molar-refractivity contribution >= 4 is 15.9 Å². The van der Waals surface area contributed by atoms with Crippen molar-refractivity contribution in [3.63, 3.8) is 0 Å². The van der Waals surface area contributed by atoms with Gasteiger partial charge in [0.2, 0.25) is 0 Å². The molecule has 0 aliphatic heterocycles. The Morgan fingerprint density at radius 1 is 1.10 bits per heavy atom. The van der Waals surface area contributed by atoms with Crippen LogP contribution in [-0.2, 0) is 0 Å². The van der Waals surface area contributed by atoms with Crippen molar-refractivity contribution in [3.05, 3.63) is 58.1 Å². The molecule has 0 spiro atoms. The van der Waals surface area contributed by atoms with E-state index in [2.05, 4.69) is 21.4 Å². The van der Waals surface area contributed by atoms with Gasteiger partial charge in [0, 0.05) is 10.0 Å². The minimum Gasteiger partial charge on any atom is -0.497 e. The standard InChI is InChI=1S/C15H17BrN2O2/c1-19-12-5-3-4-10(8-12)15(18-17)13-7-6-11(16)9-14(13)20-2/h3-9,15,18H,17H2,1-2H3. The van der Waals surface area contributed by atoms with Gasteiger partial charge < -0.3 is 9.47 Å². The topological polar surface area (TPSA) is 56.5 Å². The Labute approximate surface area is 127 Å². The molecular weight excluding hydrogens is 320 g/mol. The van der Waals surface area contributed by atoms with E-state index in [1.54, 1.807) is 14.2 Å². The summed E-state index contributed by atoms with van der Waals surface area (Å²) in [6.07, 6.45) is 0. The number of methoxy groups -OCH3 is 2. The van der Waals surface area contributed by atoms with Gasteiger partial charge in [0.15, 0.2) is 0 Å². The molecule has 5 heteroatoms. The number of benzene rings is 2. The maximum atomic E-state index is 5.73. The molecule has 3 N–H and O–H groups in total. The molecule has 0 aromatic heterocycles. The maximum Gasteiger partial charge on any atom is 0.125 e. The van der Waals surface area contributed by atoms with E-state index in [-0.39, 0.29) is 6.04 Å². The van der Waals surface area contributed by atoms with E-state index in [1.807, 2.05) is 42.5 Å². The number of hydrazine groups is 1. The minimum atomic E-state index is -0.173. The number of nitrogens with one attached hydrogen (secondary N) is 1. The van der Waals surface area contributed by atoms with Gasteiger partial charge in [0.25, 0.3) is 0 Å². The first-order valence-corrected chi connectivity index (χ1v) is 6.92. The van der Waals surface area contributed by atoms with E-state index in [9.17, 15) is 0 Å². The van der Waals surface area contributed by atoms with Crippen LogP contribution in [0.4, 0.5) is 0 Å². The molecule has 20 heavy (non-hydrogen) atoms. The van der Waals surface area contributed by atoms with Crippen molar-refractivity contribution in [2.75, 3.05) is 14.2 Å². The number of rotatable bonds is 5. The average Bonchev–Trinajstić information content (AvgIpc) is 2.49. The van der Waals surface area contributed by atoms with E-state index >= 15 is 0 Å². The number of halogens is 1. The highest BCUT2D eigenvalue weighted by Gasteiger charge is 2.17. The molecule has 0 saturated heterocycles. The molecule has 0 radical (unpaired) electrons. The highest BCUT2D eigenvalue weighted by Crippen LogP contribution is 2.32. The Kier molecular flexibility index (Phi) is 5.00. The molecule has 0 aliphatic carbocycles. The average molecular weight is 337 g/mol. The van der Waals surface area contributed by atoms with E-state index in [1.165, 1.54) is 0 Å². The van der Waals surface area contributed by atoms with Gasteiger partial charge in [0.1, 0.15) is 11.5 Å². The number of hydrogen-bond acceptors (Lipinski definition) is 4. The van der Waals surface area contributed by atoms with E-state index in [0.717, 1.165) is 27.1 Å². The van der Waals surface area contributed by atoms with Gasteiger partial charge in [-0.1, -0.05) is 34.1 Å². The fourth-order valence-corrected chi connectivity index (χ4v) is 2.45. The Balaban J connectivity index is 2.46. The molecule has 1 atom stereocenters. The van der Waals surface area contributed by atoms with E-state index in [4.69, 9.17) is 15.3 Å². The van der Waals surface area contributed by atoms with Crippen molar-refractivity contribution in [2.24, 2.45) is 5.84 Å². The molecule has 2 aromatic carbocycles. The van der Waals surface area contributed by atoms with E-state index in [0.29, 0.717) is 0 Å². The highest BCUT2D eigenvalue weighted by molar-refractivity contribution is 9.10. The largest absolute Gasteiger partial charge is 0.497 e. The predicted octanol–water partition coefficient (Wildman–Crippen LogP) is 3.02. The maximum absolute atomic E-state index is 5.73. The first kappa shape index (κ1) is 14.8. The summed E-state index contributed by atoms with van der Waals surface area (Å²) >= 11 is 3.44. The van der Waals surface area contributed by atoms with Crippen molar-refractivity contribution in [2.45, 2.75) is 6.04 Å². The van der Waals surface area contributed by atoms with Crippen LogP contribution in [0.15, 0.2) is 46.9 Å². The molecule has 1 unspecified atom stereocenters. The number of hydrogen-bond donors (Lipinski definition) is 2. The summed E-state index contributed by atoms with van der Waals surface area (Å²) in [4.78, 5) is 0. The van der Waals surface area contributed by atoms with Crippen molar-refractivity contribution < 1.29 is 9.47 Å². The molecule has 2 rings (SSSR count). The van der Waals surface area contributed by atoms with Crippen LogP contribution in [0.1, 0.15) is 17.2 Å². The zero-order valence-corrected chi connectivity index (χ0v) is 13.0. The molecule has 2 aromatic rings. The second kappa shape index (κ2) is 6.74. The van der Waals surface area contributed by atoms with Gasteiger partial charge in [-0.05, 0) is 29.8 Å². The Bertz CT molecular complexity index is 590. The third-order valence-electron chi connectivity index (χ3n) is 3.10. The van der Waals surface area contributed by atoms with Crippen LogP contribution in [0.3, 0.4) is 0 Å². The molecule has 4 nitrogen and oxygen atoms in total. The van der Waals surface area contributed by atoms with Crippen molar-refractivity contribution in [1.82, 2.24) is 5.43 Å². The summed E-state index contributed by atoms with van der Waals surface area (Å²) in [6.45, 7) is 0. The van der Waals surface area contributed by atoms with Crippen LogP contribution < -0.4 is 20.7 Å². The van der Waals surface area contributed by atoms with Crippen molar-refractivity contribution in [3.8, 4) is 11.5 Å². The lowest BCUT2D eigenvalue weighted by atomic mass is 9.98. The predicted molar refractivity (Wildman–Crippen MR) is 82.9 cm³/mol. The molecule has 0 heterocycles. The molecule has 0 bridgehead atoms. The summed E-state index contributed by atoms with van der Waals surface area (Å²) in [5.41, 5.74) is 4.80. The lowest BCUT2D eigenvalue weighted by Gasteiger charge is -2.20. The van der Waals surface area contributed by atoms with Gasteiger partial charge in [-0.3, -0.25) is 5.84 Å². The van der Waals surface area contributed by atoms with Gasteiger partial charge >= 0.3 is 0 Å². The van der Waals surface area contributed by atoms with E-state index < -0.39 is 0 Å². The zero-order chi connectivity index (χ0) is 14.5.